The van der Waals surface area contributed by atoms with Gasteiger partial charge in [-0.25, -0.2) is 0 Å². The van der Waals surface area contributed by atoms with Crippen LogP contribution >= 0.6 is 0 Å². The summed E-state index contributed by atoms with van der Waals surface area (Å²) in [5.74, 6) is 0. The van der Waals surface area contributed by atoms with Crippen molar-refractivity contribution in [3.63, 3.8) is 0 Å². The summed E-state index contributed by atoms with van der Waals surface area (Å²) in [6.45, 7) is 0. The molecule has 19 heavy (non-hydrogen) atoms. The maximum atomic E-state index is 8.98. The summed E-state index contributed by atoms with van der Waals surface area (Å²) in [5, 5.41) is 12.3. The molecule has 0 unspecified atom stereocenters. The van der Waals surface area contributed by atoms with Gasteiger partial charge in [0.2, 0.25) is 0 Å². The highest BCUT2D eigenvalue weighted by molar-refractivity contribution is 5.67. The normalized spacial score (nSPS) is 12.8. The number of hydrogen-bond donors (Lipinski definition) is 2. The Bertz CT molecular complexity index is 668. The molecule has 2 aromatic rings. The molecule has 0 saturated carbocycles. The summed E-state index contributed by atoms with van der Waals surface area (Å²) in [6, 6.07) is 14.0. The molecule has 0 saturated heterocycles. The highest BCUT2D eigenvalue weighted by atomic mass is 14.9. The number of benzene rings is 2. The van der Waals surface area contributed by atoms with E-state index in [2.05, 4.69) is 29.6 Å². The van der Waals surface area contributed by atoms with Crippen molar-refractivity contribution >= 4 is 17.1 Å². The summed E-state index contributed by atoms with van der Waals surface area (Å²) in [6.07, 6.45) is 3.60. The van der Waals surface area contributed by atoms with E-state index in [1.54, 1.807) is 12.1 Å². The van der Waals surface area contributed by atoms with E-state index in [1.165, 1.54) is 24.0 Å². The number of aryl methyl sites for hydroxylation is 2. The van der Waals surface area contributed by atoms with E-state index in [9.17, 15) is 0 Å². The van der Waals surface area contributed by atoms with Crippen LogP contribution in [-0.4, -0.2) is 0 Å². The number of nitrogens with one attached hydrogen (secondary N) is 1. The third-order valence-electron chi connectivity index (χ3n) is 3.56. The molecule has 0 amide bonds. The minimum Gasteiger partial charge on any atom is -0.398 e. The molecule has 0 aliphatic heterocycles. The summed E-state index contributed by atoms with van der Waals surface area (Å²) in [5.41, 5.74) is 11.6. The van der Waals surface area contributed by atoms with Gasteiger partial charge >= 0.3 is 0 Å². The van der Waals surface area contributed by atoms with E-state index in [-0.39, 0.29) is 0 Å². The van der Waals surface area contributed by atoms with E-state index >= 15 is 0 Å². The second-order valence-electron chi connectivity index (χ2n) is 4.88. The fraction of sp³-hybridized carbons (Fsp3) is 0.188. The lowest BCUT2D eigenvalue weighted by Gasteiger charge is -2.09. The van der Waals surface area contributed by atoms with Gasteiger partial charge in [0.05, 0.1) is 5.56 Å². The predicted octanol–water partition coefficient (Wildman–Crippen LogP) is 3.37. The molecule has 0 bridgehead atoms. The molecule has 1 aliphatic rings. The lowest BCUT2D eigenvalue weighted by molar-refractivity contribution is 0.912. The number of nitrogens with two attached hydrogens (primary N) is 1. The van der Waals surface area contributed by atoms with E-state index in [0.29, 0.717) is 11.3 Å². The van der Waals surface area contributed by atoms with Crippen LogP contribution in [0.15, 0.2) is 36.4 Å². The highest BCUT2D eigenvalue weighted by Gasteiger charge is 2.10. The zero-order chi connectivity index (χ0) is 13.2. The van der Waals surface area contributed by atoms with Gasteiger partial charge in [-0.15, -0.1) is 0 Å². The molecule has 1 aliphatic carbocycles. The van der Waals surface area contributed by atoms with Gasteiger partial charge in [-0.2, -0.15) is 5.26 Å². The van der Waals surface area contributed by atoms with Gasteiger partial charge in [0, 0.05) is 17.1 Å². The monoisotopic (exact) mass is 249 g/mol. The van der Waals surface area contributed by atoms with Gasteiger partial charge in [-0.05, 0) is 60.7 Å². The van der Waals surface area contributed by atoms with Gasteiger partial charge in [-0.3, -0.25) is 0 Å². The Labute approximate surface area is 112 Å². The lowest BCUT2D eigenvalue weighted by atomic mass is 10.1. The minimum atomic E-state index is 0.506. The molecule has 3 N–H and O–H groups in total. The third-order valence-corrected chi connectivity index (χ3v) is 3.56. The largest absolute Gasteiger partial charge is 0.398 e. The Hall–Kier alpha value is -2.47. The van der Waals surface area contributed by atoms with Crippen LogP contribution in [0.3, 0.4) is 0 Å². The van der Waals surface area contributed by atoms with Crippen molar-refractivity contribution in [1.29, 1.82) is 5.26 Å². The number of fused-ring (bicyclic) bond motifs is 1. The molecule has 3 rings (SSSR count). The van der Waals surface area contributed by atoms with E-state index in [1.807, 2.05) is 6.07 Å². The maximum Gasteiger partial charge on any atom is 0.101 e. The Morgan fingerprint density at radius 1 is 1.00 bits per heavy atom. The highest BCUT2D eigenvalue weighted by Crippen LogP contribution is 2.27. The Morgan fingerprint density at radius 3 is 2.58 bits per heavy atom. The number of rotatable bonds is 2. The van der Waals surface area contributed by atoms with Crippen LogP contribution in [0.4, 0.5) is 17.1 Å². The summed E-state index contributed by atoms with van der Waals surface area (Å²) in [4.78, 5) is 0. The smallest absolute Gasteiger partial charge is 0.101 e. The van der Waals surface area contributed by atoms with Gasteiger partial charge in [0.15, 0.2) is 0 Å². The van der Waals surface area contributed by atoms with Crippen molar-refractivity contribution in [3.8, 4) is 6.07 Å². The number of anilines is 3. The summed E-state index contributed by atoms with van der Waals surface area (Å²) < 4.78 is 0. The van der Waals surface area contributed by atoms with Gasteiger partial charge in [0.25, 0.3) is 0 Å². The fourth-order valence-electron chi connectivity index (χ4n) is 2.55. The molecule has 0 radical (unpaired) electrons. The minimum absolute atomic E-state index is 0.506. The van der Waals surface area contributed by atoms with Gasteiger partial charge in [-0.1, -0.05) is 6.07 Å². The maximum absolute atomic E-state index is 8.98. The van der Waals surface area contributed by atoms with Crippen LogP contribution < -0.4 is 11.1 Å². The zero-order valence-corrected chi connectivity index (χ0v) is 10.6. The fourth-order valence-corrected chi connectivity index (χ4v) is 2.55. The van der Waals surface area contributed by atoms with Crippen molar-refractivity contribution < 1.29 is 0 Å². The molecule has 0 heterocycles. The molecule has 0 atom stereocenters. The number of hydrogen-bond acceptors (Lipinski definition) is 3. The van der Waals surface area contributed by atoms with Crippen molar-refractivity contribution in [1.82, 2.24) is 0 Å². The number of nitrogen functional groups attached to an aromatic ring is 1. The van der Waals surface area contributed by atoms with Crippen molar-refractivity contribution in [2.45, 2.75) is 19.3 Å². The Morgan fingerprint density at radius 2 is 1.74 bits per heavy atom. The molecule has 0 spiro atoms. The van der Waals surface area contributed by atoms with Crippen LogP contribution in [0.5, 0.6) is 0 Å². The van der Waals surface area contributed by atoms with Gasteiger partial charge in [0.1, 0.15) is 6.07 Å². The van der Waals surface area contributed by atoms with Crippen LogP contribution in [-0.2, 0) is 12.8 Å². The summed E-state index contributed by atoms with van der Waals surface area (Å²) >= 11 is 0. The molecule has 94 valence electrons. The molecule has 2 aromatic carbocycles. The Balaban J connectivity index is 1.87. The SMILES string of the molecule is N#Cc1cc(Nc2ccc3c(c2)CCC3)ccc1N. The molecule has 3 heteroatoms. The lowest BCUT2D eigenvalue weighted by Crippen LogP contribution is -1.95. The Kier molecular flexibility index (Phi) is 2.85. The topological polar surface area (TPSA) is 61.8 Å². The first kappa shape index (κ1) is 11.6. The van der Waals surface area contributed by atoms with Crippen molar-refractivity contribution in [2.75, 3.05) is 11.1 Å². The quantitative estimate of drug-likeness (QED) is 0.802. The van der Waals surface area contributed by atoms with Crippen LogP contribution in [0, 0.1) is 11.3 Å². The van der Waals surface area contributed by atoms with E-state index < -0.39 is 0 Å². The average Bonchev–Trinajstić information content (AvgIpc) is 2.88. The standard InChI is InChI=1S/C16H15N3/c17-10-13-9-15(6-7-16(13)18)19-14-5-4-11-2-1-3-12(11)8-14/h4-9,19H,1-3,18H2. The van der Waals surface area contributed by atoms with Crippen LogP contribution in [0.2, 0.25) is 0 Å². The predicted molar refractivity (Wildman–Crippen MR) is 77.3 cm³/mol. The average molecular weight is 249 g/mol. The molecular weight excluding hydrogens is 234 g/mol. The first-order valence-corrected chi connectivity index (χ1v) is 6.45. The van der Waals surface area contributed by atoms with Gasteiger partial charge < -0.3 is 11.1 Å². The molecule has 0 aromatic heterocycles. The first-order valence-electron chi connectivity index (χ1n) is 6.45. The summed E-state index contributed by atoms with van der Waals surface area (Å²) in [7, 11) is 0. The van der Waals surface area contributed by atoms with E-state index in [4.69, 9.17) is 11.0 Å². The third kappa shape index (κ3) is 2.25. The number of nitriles is 1. The van der Waals surface area contributed by atoms with Crippen LogP contribution in [0.1, 0.15) is 23.1 Å². The molecular formula is C16H15N3. The number of nitrogens with zero attached hydrogens (tertiary/aromatic N) is 1. The van der Waals surface area contributed by atoms with Crippen LogP contribution in [0.25, 0.3) is 0 Å². The van der Waals surface area contributed by atoms with E-state index in [0.717, 1.165) is 17.8 Å². The van der Waals surface area contributed by atoms with Crippen molar-refractivity contribution in [3.05, 3.63) is 53.1 Å². The van der Waals surface area contributed by atoms with Crippen molar-refractivity contribution in [2.24, 2.45) is 0 Å². The second-order valence-corrected chi connectivity index (χ2v) is 4.88. The molecule has 0 fully saturated rings. The molecule has 3 nitrogen and oxygen atoms in total. The zero-order valence-electron chi connectivity index (χ0n) is 10.6. The first-order chi connectivity index (χ1) is 9.26. The second kappa shape index (κ2) is 4.66.